The molecule has 0 fully saturated rings. The van der Waals surface area contributed by atoms with Crippen molar-refractivity contribution in [1.82, 2.24) is 10.6 Å². The summed E-state index contributed by atoms with van der Waals surface area (Å²) in [4.78, 5) is 24.9. The van der Waals surface area contributed by atoms with Gasteiger partial charge in [-0.15, -0.1) is 0 Å². The Morgan fingerprint density at radius 1 is 0.580 bits per heavy atom. The molecular formula is C42H50N2O6. The zero-order valence-electron chi connectivity index (χ0n) is 29.0. The van der Waals surface area contributed by atoms with Crippen LogP contribution in [0, 0.1) is 0 Å². The van der Waals surface area contributed by atoms with E-state index in [1.807, 2.05) is 72.8 Å². The molecule has 8 nitrogen and oxygen atoms in total. The molecule has 8 heteroatoms. The normalized spacial score (nSPS) is 12.2. The van der Waals surface area contributed by atoms with Crippen LogP contribution in [0.5, 0.6) is 11.5 Å². The molecule has 2 atom stereocenters. The quantitative estimate of drug-likeness (QED) is 0.0467. The van der Waals surface area contributed by atoms with Crippen molar-refractivity contribution in [2.24, 2.45) is 0 Å². The van der Waals surface area contributed by atoms with Crippen LogP contribution in [0.4, 0.5) is 0 Å². The van der Waals surface area contributed by atoms with Gasteiger partial charge in [-0.3, -0.25) is 9.59 Å². The van der Waals surface area contributed by atoms with Gasteiger partial charge < -0.3 is 30.3 Å². The molecule has 0 bridgehead atoms. The Balaban J connectivity index is 0.000000270. The molecule has 50 heavy (non-hydrogen) atoms. The molecule has 0 saturated heterocycles. The molecule has 4 aromatic rings. The van der Waals surface area contributed by atoms with Crippen LogP contribution < -0.4 is 20.1 Å². The summed E-state index contributed by atoms with van der Waals surface area (Å²) >= 11 is 0. The lowest BCUT2D eigenvalue weighted by atomic mass is 10.1. The third-order valence-electron chi connectivity index (χ3n) is 7.23. The van der Waals surface area contributed by atoms with Crippen LogP contribution in [-0.2, 0) is 0 Å². The zero-order valence-corrected chi connectivity index (χ0v) is 29.0. The Hall–Kier alpha value is -4.86. The number of ketones is 2. The van der Waals surface area contributed by atoms with Gasteiger partial charge in [-0.25, -0.2) is 0 Å². The van der Waals surface area contributed by atoms with Crippen LogP contribution in [0.15, 0.2) is 121 Å². The number of aliphatic hydroxyl groups excluding tert-OH is 2. The van der Waals surface area contributed by atoms with E-state index in [2.05, 4.69) is 24.5 Å². The molecule has 4 rings (SSSR count). The van der Waals surface area contributed by atoms with E-state index in [4.69, 9.17) is 9.47 Å². The molecule has 4 aromatic carbocycles. The van der Waals surface area contributed by atoms with Crippen LogP contribution in [0.3, 0.4) is 0 Å². The molecular weight excluding hydrogens is 628 g/mol. The average Bonchev–Trinajstić information content (AvgIpc) is 3.16. The van der Waals surface area contributed by atoms with Crippen LogP contribution in [-0.4, -0.2) is 73.4 Å². The number of rotatable bonds is 20. The van der Waals surface area contributed by atoms with E-state index in [1.165, 1.54) is 12.2 Å². The highest BCUT2D eigenvalue weighted by Crippen LogP contribution is 2.21. The summed E-state index contributed by atoms with van der Waals surface area (Å²) in [5.74, 6) is 0.718. The smallest absolute Gasteiger partial charge is 0.189 e. The molecule has 264 valence electrons. The third-order valence-corrected chi connectivity index (χ3v) is 7.23. The Morgan fingerprint density at radius 3 is 1.32 bits per heavy atom. The number of ether oxygens (including phenoxy) is 2. The Bertz CT molecular complexity index is 1490. The summed E-state index contributed by atoms with van der Waals surface area (Å²) in [7, 11) is 0. The maximum atomic E-state index is 12.5. The fraction of sp³-hybridized carbons (Fsp3) is 0.286. The van der Waals surface area contributed by atoms with Gasteiger partial charge in [-0.05, 0) is 73.5 Å². The summed E-state index contributed by atoms with van der Waals surface area (Å²) in [5, 5.41) is 26.1. The standard InChI is InChI=1S/2C21H25NO3/c2*1-2-14-22-15-18(23)16-25-21-11-7-6-10-19(21)20(24)13-12-17-8-4-3-5-9-17/h2*3-13,18,22-23H,2,14-16H2,1H3/b2*13-12+/t2*18-/m10/s1. The number of para-hydroxylation sites is 2. The first kappa shape index (κ1) is 39.6. The number of carbonyl (C=O) groups is 2. The van der Waals surface area contributed by atoms with Gasteiger partial charge in [0.05, 0.1) is 11.1 Å². The number of aliphatic hydroxyl groups is 2. The highest BCUT2D eigenvalue weighted by atomic mass is 16.5. The van der Waals surface area contributed by atoms with Gasteiger partial charge in [0.15, 0.2) is 11.6 Å². The fourth-order valence-corrected chi connectivity index (χ4v) is 4.62. The van der Waals surface area contributed by atoms with E-state index in [9.17, 15) is 19.8 Å². The monoisotopic (exact) mass is 678 g/mol. The fourth-order valence-electron chi connectivity index (χ4n) is 4.62. The highest BCUT2D eigenvalue weighted by molar-refractivity contribution is 6.09. The minimum atomic E-state index is -0.616. The second-order valence-corrected chi connectivity index (χ2v) is 11.5. The first-order chi connectivity index (χ1) is 24.4. The summed E-state index contributed by atoms with van der Waals surface area (Å²) in [5.41, 5.74) is 2.91. The van der Waals surface area contributed by atoms with Crippen molar-refractivity contribution in [3.05, 3.63) is 144 Å². The van der Waals surface area contributed by atoms with Gasteiger partial charge in [0.2, 0.25) is 0 Å². The minimum absolute atomic E-state index is 0.127. The van der Waals surface area contributed by atoms with E-state index in [0.717, 1.165) is 37.1 Å². The molecule has 0 heterocycles. The molecule has 0 saturated carbocycles. The van der Waals surface area contributed by atoms with Gasteiger partial charge in [-0.2, -0.15) is 0 Å². The topological polar surface area (TPSA) is 117 Å². The summed E-state index contributed by atoms with van der Waals surface area (Å²) < 4.78 is 11.3. The number of hydrogen-bond acceptors (Lipinski definition) is 8. The second-order valence-electron chi connectivity index (χ2n) is 11.5. The van der Waals surface area contributed by atoms with E-state index < -0.39 is 12.2 Å². The van der Waals surface area contributed by atoms with Crippen LogP contribution in [0.1, 0.15) is 58.5 Å². The predicted octanol–water partition coefficient (Wildman–Crippen LogP) is 6.64. The van der Waals surface area contributed by atoms with Crippen LogP contribution in [0.25, 0.3) is 12.2 Å². The molecule has 0 unspecified atom stereocenters. The van der Waals surface area contributed by atoms with Crippen molar-refractivity contribution in [3.63, 3.8) is 0 Å². The van der Waals surface area contributed by atoms with Crippen molar-refractivity contribution in [3.8, 4) is 11.5 Å². The van der Waals surface area contributed by atoms with Crippen molar-refractivity contribution in [1.29, 1.82) is 0 Å². The Labute approximate surface area is 296 Å². The zero-order chi connectivity index (χ0) is 35.8. The second kappa shape index (κ2) is 23.5. The maximum Gasteiger partial charge on any atom is 0.189 e. The van der Waals surface area contributed by atoms with E-state index in [1.54, 1.807) is 48.6 Å². The van der Waals surface area contributed by atoms with Gasteiger partial charge in [0.1, 0.15) is 36.9 Å². The van der Waals surface area contributed by atoms with Crippen molar-refractivity contribution in [2.75, 3.05) is 39.4 Å². The van der Waals surface area contributed by atoms with Crippen molar-refractivity contribution >= 4 is 23.7 Å². The minimum Gasteiger partial charge on any atom is -0.490 e. The van der Waals surface area contributed by atoms with Crippen LogP contribution >= 0.6 is 0 Å². The van der Waals surface area contributed by atoms with E-state index in [-0.39, 0.29) is 24.8 Å². The van der Waals surface area contributed by atoms with Gasteiger partial charge in [-0.1, -0.05) is 111 Å². The molecule has 0 radical (unpaired) electrons. The molecule has 0 spiro atoms. The SMILES string of the molecule is CCCNC[C@@H](O)COc1ccccc1C(=O)/C=C/c1ccccc1.CCCNC[C@H](O)COc1ccccc1C(=O)/C=C/c1ccccc1. The number of benzene rings is 4. The van der Waals surface area contributed by atoms with Crippen molar-refractivity contribution < 1.29 is 29.3 Å². The van der Waals surface area contributed by atoms with Gasteiger partial charge in [0, 0.05) is 13.1 Å². The molecule has 0 aliphatic carbocycles. The third kappa shape index (κ3) is 15.1. The maximum absolute atomic E-state index is 12.5. The molecule has 0 amide bonds. The van der Waals surface area contributed by atoms with Gasteiger partial charge in [0.25, 0.3) is 0 Å². The number of allylic oxidation sites excluding steroid dienone is 2. The van der Waals surface area contributed by atoms with Gasteiger partial charge >= 0.3 is 0 Å². The molecule has 0 aliphatic rings. The van der Waals surface area contributed by atoms with E-state index in [0.29, 0.717) is 35.7 Å². The van der Waals surface area contributed by atoms with Crippen LogP contribution in [0.2, 0.25) is 0 Å². The molecule has 0 aliphatic heterocycles. The first-order valence-corrected chi connectivity index (χ1v) is 17.2. The number of hydrogen-bond donors (Lipinski definition) is 4. The lowest BCUT2D eigenvalue weighted by Crippen LogP contribution is -2.32. The largest absolute Gasteiger partial charge is 0.490 e. The summed E-state index contributed by atoms with van der Waals surface area (Å²) in [6, 6.07) is 33.5. The summed E-state index contributed by atoms with van der Waals surface area (Å²) in [6.07, 6.45) is 7.43. The Morgan fingerprint density at radius 2 is 0.940 bits per heavy atom. The first-order valence-electron chi connectivity index (χ1n) is 17.2. The number of carbonyl (C=O) groups excluding carboxylic acids is 2. The Kier molecular flexibility index (Phi) is 18.6. The average molecular weight is 679 g/mol. The molecule has 0 aromatic heterocycles. The van der Waals surface area contributed by atoms with Crippen molar-refractivity contribution in [2.45, 2.75) is 38.9 Å². The summed E-state index contributed by atoms with van der Waals surface area (Å²) in [6.45, 7) is 7.08. The number of nitrogens with one attached hydrogen (secondary N) is 2. The lowest BCUT2D eigenvalue weighted by molar-refractivity contribution is 0.0992. The molecule has 4 N–H and O–H groups in total. The van der Waals surface area contributed by atoms with E-state index >= 15 is 0 Å². The predicted molar refractivity (Wildman–Crippen MR) is 202 cm³/mol. The highest BCUT2D eigenvalue weighted by Gasteiger charge is 2.13. The lowest BCUT2D eigenvalue weighted by Gasteiger charge is -2.14.